The first-order valence-corrected chi connectivity index (χ1v) is 8.48. The Kier molecular flexibility index (Phi) is 4.93. The lowest BCUT2D eigenvalue weighted by Gasteiger charge is -2.37. The van der Waals surface area contributed by atoms with Gasteiger partial charge in [-0.2, -0.15) is 0 Å². The molecule has 2 nitrogen and oxygen atoms in total. The highest BCUT2D eigenvalue weighted by Gasteiger charge is 2.37. The van der Waals surface area contributed by atoms with Gasteiger partial charge in [-0.1, -0.05) is 37.0 Å². The molecule has 1 fully saturated rings. The van der Waals surface area contributed by atoms with E-state index in [2.05, 4.69) is 13.8 Å². The molecule has 1 aliphatic carbocycles. The van der Waals surface area contributed by atoms with Gasteiger partial charge >= 0.3 is 0 Å². The van der Waals surface area contributed by atoms with Crippen LogP contribution in [0, 0.1) is 11.8 Å². The van der Waals surface area contributed by atoms with E-state index in [9.17, 15) is 4.21 Å². The van der Waals surface area contributed by atoms with E-state index in [0.717, 1.165) is 12.8 Å². The van der Waals surface area contributed by atoms with Gasteiger partial charge in [-0.05, 0) is 42.9 Å². The first kappa shape index (κ1) is 15.3. The summed E-state index contributed by atoms with van der Waals surface area (Å²) in [5, 5.41) is 1.01. The quantitative estimate of drug-likeness (QED) is 0.899. The van der Waals surface area contributed by atoms with Gasteiger partial charge in [0.05, 0.1) is 26.0 Å². The molecule has 0 aromatic heterocycles. The Hall–Kier alpha value is -0.0900. The predicted molar refractivity (Wildman–Crippen MR) is 82.2 cm³/mol. The van der Waals surface area contributed by atoms with E-state index in [4.69, 9.17) is 28.9 Å². The summed E-state index contributed by atoms with van der Waals surface area (Å²) in [6, 6.07) is 5.04. The molecule has 1 saturated carbocycles. The van der Waals surface area contributed by atoms with E-state index >= 15 is 0 Å². The standard InChI is InChI=1S/C14H19Cl2NOS/c1-8-5-9(2)14(12(17)6-8)19(18)13-7-10(15)3-4-11(13)16/h3-4,7-9,12,14H,5-6,17H2,1-2H3. The monoisotopic (exact) mass is 319 g/mol. The van der Waals surface area contributed by atoms with Crippen LogP contribution in [0.15, 0.2) is 23.1 Å². The van der Waals surface area contributed by atoms with E-state index in [0.29, 0.717) is 26.8 Å². The SMILES string of the molecule is CC1CC(C)C(S(=O)c2cc(Cl)ccc2Cl)C(N)C1. The smallest absolute Gasteiger partial charge is 0.0595 e. The Labute approximate surface area is 127 Å². The molecule has 0 saturated heterocycles. The summed E-state index contributed by atoms with van der Waals surface area (Å²) in [6.45, 7) is 4.32. The third kappa shape index (κ3) is 3.33. The van der Waals surface area contributed by atoms with Crippen molar-refractivity contribution in [3.63, 3.8) is 0 Å². The van der Waals surface area contributed by atoms with Crippen LogP contribution in [0.2, 0.25) is 10.0 Å². The first-order valence-electron chi connectivity index (χ1n) is 6.51. The van der Waals surface area contributed by atoms with Crippen molar-refractivity contribution in [2.75, 3.05) is 0 Å². The minimum atomic E-state index is -1.21. The van der Waals surface area contributed by atoms with Crippen molar-refractivity contribution in [1.29, 1.82) is 0 Å². The number of halogens is 2. The van der Waals surface area contributed by atoms with Gasteiger partial charge in [0.15, 0.2) is 0 Å². The van der Waals surface area contributed by atoms with Gasteiger partial charge in [0.2, 0.25) is 0 Å². The average Bonchev–Trinajstić information content (AvgIpc) is 2.30. The van der Waals surface area contributed by atoms with Crippen LogP contribution in [0.4, 0.5) is 0 Å². The molecule has 0 bridgehead atoms. The third-order valence-corrected chi connectivity index (χ3v) is 6.55. The second-order valence-electron chi connectivity index (χ2n) is 5.55. The Morgan fingerprint density at radius 3 is 2.58 bits per heavy atom. The maximum absolute atomic E-state index is 12.8. The molecule has 0 heterocycles. The molecular weight excluding hydrogens is 301 g/mol. The van der Waals surface area contributed by atoms with Gasteiger partial charge in [0.25, 0.3) is 0 Å². The molecule has 5 unspecified atom stereocenters. The van der Waals surface area contributed by atoms with Crippen LogP contribution in [-0.4, -0.2) is 15.5 Å². The Balaban J connectivity index is 2.30. The highest BCUT2D eigenvalue weighted by molar-refractivity contribution is 7.86. The zero-order chi connectivity index (χ0) is 14.2. The summed E-state index contributed by atoms with van der Waals surface area (Å²) in [7, 11) is -1.21. The zero-order valence-corrected chi connectivity index (χ0v) is 13.4. The van der Waals surface area contributed by atoms with Gasteiger partial charge in [0.1, 0.15) is 0 Å². The van der Waals surface area contributed by atoms with Gasteiger partial charge in [-0.3, -0.25) is 4.21 Å². The van der Waals surface area contributed by atoms with Crippen molar-refractivity contribution < 1.29 is 4.21 Å². The topological polar surface area (TPSA) is 43.1 Å². The lowest BCUT2D eigenvalue weighted by molar-refractivity contribution is 0.275. The summed E-state index contributed by atoms with van der Waals surface area (Å²) in [6.07, 6.45) is 1.97. The second kappa shape index (κ2) is 6.13. The van der Waals surface area contributed by atoms with Crippen molar-refractivity contribution in [2.24, 2.45) is 17.6 Å². The molecule has 0 spiro atoms. The normalized spacial score (nSPS) is 33.1. The van der Waals surface area contributed by atoms with Crippen molar-refractivity contribution in [1.82, 2.24) is 0 Å². The maximum atomic E-state index is 12.8. The first-order chi connectivity index (χ1) is 8.90. The van der Waals surface area contributed by atoms with E-state index < -0.39 is 10.8 Å². The van der Waals surface area contributed by atoms with Gasteiger partial charge in [-0.25, -0.2) is 0 Å². The number of nitrogens with two attached hydrogens (primary N) is 1. The van der Waals surface area contributed by atoms with Crippen molar-refractivity contribution in [3.8, 4) is 0 Å². The molecule has 0 radical (unpaired) electrons. The van der Waals surface area contributed by atoms with Crippen LogP contribution in [-0.2, 0) is 10.8 Å². The number of hydrogen-bond acceptors (Lipinski definition) is 2. The lowest BCUT2D eigenvalue weighted by atomic mass is 9.80. The summed E-state index contributed by atoms with van der Waals surface area (Å²) < 4.78 is 12.8. The minimum Gasteiger partial charge on any atom is -0.327 e. The maximum Gasteiger partial charge on any atom is 0.0595 e. The van der Waals surface area contributed by atoms with Gasteiger partial charge < -0.3 is 5.73 Å². The van der Waals surface area contributed by atoms with E-state index in [1.807, 2.05) is 0 Å². The lowest BCUT2D eigenvalue weighted by Crippen LogP contribution is -2.47. The van der Waals surface area contributed by atoms with E-state index in [1.54, 1.807) is 18.2 Å². The molecule has 1 aromatic rings. The highest BCUT2D eigenvalue weighted by atomic mass is 35.5. The van der Waals surface area contributed by atoms with Crippen LogP contribution in [0.5, 0.6) is 0 Å². The molecule has 2 N–H and O–H groups in total. The van der Waals surface area contributed by atoms with Crippen LogP contribution in [0.1, 0.15) is 26.7 Å². The van der Waals surface area contributed by atoms with Crippen molar-refractivity contribution in [2.45, 2.75) is 42.9 Å². The molecular formula is C14H19Cl2NOS. The predicted octanol–water partition coefficient (Wildman–Crippen LogP) is 3.86. The van der Waals surface area contributed by atoms with E-state index in [-0.39, 0.29) is 11.3 Å². The van der Waals surface area contributed by atoms with Crippen LogP contribution in [0.25, 0.3) is 0 Å². The number of rotatable bonds is 2. The molecule has 2 rings (SSSR count). The van der Waals surface area contributed by atoms with Crippen molar-refractivity contribution >= 4 is 34.0 Å². The molecule has 5 atom stereocenters. The third-order valence-electron chi connectivity index (χ3n) is 3.79. The number of hydrogen-bond donors (Lipinski definition) is 1. The number of benzene rings is 1. The Bertz CT molecular complexity index is 482. The Morgan fingerprint density at radius 1 is 1.26 bits per heavy atom. The van der Waals surface area contributed by atoms with Crippen LogP contribution >= 0.6 is 23.2 Å². The van der Waals surface area contributed by atoms with Gasteiger partial charge in [0, 0.05) is 11.1 Å². The fourth-order valence-electron chi connectivity index (χ4n) is 3.03. The second-order valence-corrected chi connectivity index (χ2v) is 7.98. The summed E-state index contributed by atoms with van der Waals surface area (Å²) >= 11 is 12.1. The highest BCUT2D eigenvalue weighted by Crippen LogP contribution is 2.35. The molecule has 19 heavy (non-hydrogen) atoms. The minimum absolute atomic E-state index is 0.0466. The molecule has 5 heteroatoms. The molecule has 0 aliphatic heterocycles. The summed E-state index contributed by atoms with van der Waals surface area (Å²) in [5.74, 6) is 0.919. The summed E-state index contributed by atoms with van der Waals surface area (Å²) in [4.78, 5) is 0.607. The van der Waals surface area contributed by atoms with Crippen LogP contribution in [0.3, 0.4) is 0 Å². The fraction of sp³-hybridized carbons (Fsp3) is 0.571. The molecule has 1 aliphatic rings. The largest absolute Gasteiger partial charge is 0.327 e. The summed E-state index contributed by atoms with van der Waals surface area (Å²) in [5.41, 5.74) is 6.22. The fourth-order valence-corrected chi connectivity index (χ4v) is 5.37. The molecule has 1 aromatic carbocycles. The van der Waals surface area contributed by atoms with E-state index in [1.165, 1.54) is 0 Å². The zero-order valence-electron chi connectivity index (χ0n) is 11.1. The molecule has 0 amide bonds. The average molecular weight is 320 g/mol. The van der Waals surface area contributed by atoms with Crippen LogP contribution < -0.4 is 5.73 Å². The van der Waals surface area contributed by atoms with Crippen molar-refractivity contribution in [3.05, 3.63) is 28.2 Å². The van der Waals surface area contributed by atoms with Gasteiger partial charge in [-0.15, -0.1) is 0 Å². The Morgan fingerprint density at radius 2 is 1.95 bits per heavy atom. The molecule has 106 valence electrons.